The number of aromatic nitrogens is 4. The molecule has 0 radical (unpaired) electrons. The number of rotatable bonds is 2. The fraction of sp³-hybridized carbons (Fsp3) is 0.444. The molecule has 1 fully saturated rings. The summed E-state index contributed by atoms with van der Waals surface area (Å²) in [5.74, 6) is 1.62. The van der Waals surface area contributed by atoms with Crippen molar-refractivity contribution >= 4 is 11.5 Å². The first-order valence-corrected chi connectivity index (χ1v) is 4.94. The minimum atomic E-state index is 0.246. The number of anilines is 1. The Morgan fingerprint density at radius 3 is 3.07 bits per heavy atom. The van der Waals surface area contributed by atoms with Gasteiger partial charge in [0.1, 0.15) is 5.82 Å². The van der Waals surface area contributed by atoms with Crippen LogP contribution in [-0.4, -0.2) is 31.7 Å². The lowest BCUT2D eigenvalue weighted by Gasteiger charge is -2.04. The van der Waals surface area contributed by atoms with Gasteiger partial charge in [-0.1, -0.05) is 0 Å². The van der Waals surface area contributed by atoms with Crippen LogP contribution in [0.1, 0.15) is 12.2 Å². The van der Waals surface area contributed by atoms with Crippen LogP contribution in [0.4, 0.5) is 5.82 Å². The van der Waals surface area contributed by atoms with Gasteiger partial charge in [-0.2, -0.15) is 0 Å². The van der Waals surface area contributed by atoms with Gasteiger partial charge in [0.15, 0.2) is 5.82 Å². The van der Waals surface area contributed by atoms with Crippen LogP contribution in [0.25, 0.3) is 5.65 Å². The van der Waals surface area contributed by atoms with Gasteiger partial charge in [0, 0.05) is 24.5 Å². The zero-order valence-electron chi connectivity index (χ0n) is 8.38. The summed E-state index contributed by atoms with van der Waals surface area (Å²) in [6.45, 7) is 1.91. The van der Waals surface area contributed by atoms with Crippen molar-refractivity contribution in [1.29, 1.82) is 0 Å². The normalized spacial score (nSPS) is 24.4. The molecule has 1 aliphatic carbocycles. The number of nitrogens with two attached hydrogens (primary N) is 1. The Bertz CT molecular complexity index is 504. The Morgan fingerprint density at radius 2 is 2.33 bits per heavy atom. The molecule has 1 aliphatic rings. The first-order valence-electron chi connectivity index (χ1n) is 4.94. The van der Waals surface area contributed by atoms with Gasteiger partial charge < -0.3 is 11.1 Å². The molecule has 6 heteroatoms. The number of fused-ring (bicyclic) bond motifs is 1. The van der Waals surface area contributed by atoms with Gasteiger partial charge in [0.2, 0.25) is 5.65 Å². The molecule has 2 aromatic heterocycles. The molecule has 3 rings (SSSR count). The molecular weight excluding hydrogens is 192 g/mol. The van der Waals surface area contributed by atoms with Crippen molar-refractivity contribution in [3.63, 3.8) is 0 Å². The quantitative estimate of drug-likeness (QED) is 0.716. The minimum Gasteiger partial charge on any atom is -0.363 e. The molecule has 0 aliphatic heterocycles. The highest BCUT2D eigenvalue weighted by Gasteiger charge is 2.34. The molecule has 15 heavy (non-hydrogen) atoms. The summed E-state index contributed by atoms with van der Waals surface area (Å²) in [6, 6.07) is 0.580. The molecule has 0 saturated heterocycles. The molecule has 3 N–H and O–H groups in total. The third kappa shape index (κ3) is 1.33. The van der Waals surface area contributed by atoms with E-state index in [4.69, 9.17) is 5.73 Å². The van der Waals surface area contributed by atoms with Crippen LogP contribution in [0.5, 0.6) is 0 Å². The van der Waals surface area contributed by atoms with Gasteiger partial charge in [-0.25, -0.2) is 4.98 Å². The standard InChI is InChI=1S/C9H12N6/c1-5-13-14-9-8(11-2-3-15(5)9)12-7-4-6(7)10/h2-3,6-7H,4,10H2,1H3,(H,11,12). The lowest BCUT2D eigenvalue weighted by molar-refractivity contribution is 0.983. The second kappa shape index (κ2) is 2.90. The summed E-state index contributed by atoms with van der Waals surface area (Å²) in [4.78, 5) is 4.24. The first-order chi connectivity index (χ1) is 7.25. The lowest BCUT2D eigenvalue weighted by atomic mass is 10.5. The van der Waals surface area contributed by atoms with Crippen molar-refractivity contribution in [3.05, 3.63) is 18.2 Å². The monoisotopic (exact) mass is 204 g/mol. The van der Waals surface area contributed by atoms with Crippen LogP contribution in [0.2, 0.25) is 0 Å². The molecule has 2 heterocycles. The largest absolute Gasteiger partial charge is 0.363 e. The second-order valence-corrected chi connectivity index (χ2v) is 3.87. The number of nitrogens with zero attached hydrogens (tertiary/aromatic N) is 4. The van der Waals surface area contributed by atoms with Crippen molar-refractivity contribution in [2.45, 2.75) is 25.4 Å². The van der Waals surface area contributed by atoms with Crippen LogP contribution >= 0.6 is 0 Å². The molecule has 6 nitrogen and oxygen atoms in total. The van der Waals surface area contributed by atoms with Gasteiger partial charge in [-0.3, -0.25) is 4.40 Å². The predicted molar refractivity (Wildman–Crippen MR) is 55.5 cm³/mol. The summed E-state index contributed by atoms with van der Waals surface area (Å²) in [7, 11) is 0. The zero-order chi connectivity index (χ0) is 10.4. The van der Waals surface area contributed by atoms with E-state index in [9.17, 15) is 0 Å². The predicted octanol–water partition coefficient (Wildman–Crippen LogP) is -0.0558. The van der Waals surface area contributed by atoms with Gasteiger partial charge >= 0.3 is 0 Å². The third-order valence-electron chi connectivity index (χ3n) is 2.66. The minimum absolute atomic E-state index is 0.246. The SMILES string of the molecule is Cc1nnc2c(NC3CC3N)nccn12. The van der Waals surface area contributed by atoms with Gasteiger partial charge in [0.05, 0.1) is 0 Å². The molecule has 1 saturated carbocycles. The van der Waals surface area contributed by atoms with E-state index in [1.165, 1.54) is 0 Å². The summed E-state index contributed by atoms with van der Waals surface area (Å²) in [6.07, 6.45) is 4.58. The van der Waals surface area contributed by atoms with E-state index in [-0.39, 0.29) is 6.04 Å². The summed E-state index contributed by atoms with van der Waals surface area (Å²) < 4.78 is 1.91. The average Bonchev–Trinajstić information content (AvgIpc) is 2.77. The highest BCUT2D eigenvalue weighted by Crippen LogP contribution is 2.24. The van der Waals surface area contributed by atoms with E-state index in [2.05, 4.69) is 20.5 Å². The fourth-order valence-electron chi connectivity index (χ4n) is 1.60. The van der Waals surface area contributed by atoms with E-state index in [1.807, 2.05) is 17.5 Å². The highest BCUT2D eigenvalue weighted by molar-refractivity contribution is 5.63. The Balaban J connectivity index is 2.02. The molecule has 2 unspecified atom stereocenters. The Labute approximate surface area is 86.5 Å². The van der Waals surface area contributed by atoms with E-state index < -0.39 is 0 Å². The van der Waals surface area contributed by atoms with Gasteiger partial charge in [-0.05, 0) is 13.3 Å². The summed E-state index contributed by atoms with van der Waals surface area (Å²) in [5.41, 5.74) is 6.49. The van der Waals surface area contributed by atoms with Crippen LogP contribution in [-0.2, 0) is 0 Å². The van der Waals surface area contributed by atoms with Crippen molar-refractivity contribution < 1.29 is 0 Å². The molecular formula is C9H12N6. The van der Waals surface area contributed by atoms with E-state index in [0.717, 1.165) is 23.7 Å². The Morgan fingerprint density at radius 1 is 1.53 bits per heavy atom. The molecule has 0 aromatic carbocycles. The van der Waals surface area contributed by atoms with Crippen molar-refractivity contribution in [1.82, 2.24) is 19.6 Å². The topological polar surface area (TPSA) is 81.1 Å². The first kappa shape index (κ1) is 8.60. The summed E-state index contributed by atoms with van der Waals surface area (Å²) >= 11 is 0. The van der Waals surface area contributed by atoms with Crippen LogP contribution in [0.3, 0.4) is 0 Å². The smallest absolute Gasteiger partial charge is 0.203 e. The molecule has 0 bridgehead atoms. The van der Waals surface area contributed by atoms with E-state index in [1.54, 1.807) is 6.20 Å². The number of hydrogen-bond donors (Lipinski definition) is 2. The van der Waals surface area contributed by atoms with Crippen LogP contribution in [0, 0.1) is 6.92 Å². The van der Waals surface area contributed by atoms with Crippen LogP contribution in [0.15, 0.2) is 12.4 Å². The highest BCUT2D eigenvalue weighted by atomic mass is 15.3. The second-order valence-electron chi connectivity index (χ2n) is 3.87. The maximum atomic E-state index is 5.73. The van der Waals surface area contributed by atoms with Crippen molar-refractivity contribution in [2.75, 3.05) is 5.32 Å². The van der Waals surface area contributed by atoms with Crippen LogP contribution < -0.4 is 11.1 Å². The molecule has 78 valence electrons. The Hall–Kier alpha value is -1.69. The summed E-state index contributed by atoms with van der Waals surface area (Å²) in [5, 5.41) is 11.3. The van der Waals surface area contributed by atoms with Gasteiger partial charge in [0.25, 0.3) is 0 Å². The van der Waals surface area contributed by atoms with Crippen molar-refractivity contribution in [3.8, 4) is 0 Å². The molecule has 0 amide bonds. The van der Waals surface area contributed by atoms with Gasteiger partial charge in [-0.15, -0.1) is 10.2 Å². The number of nitrogens with one attached hydrogen (secondary N) is 1. The molecule has 0 spiro atoms. The molecule has 2 atom stereocenters. The average molecular weight is 204 g/mol. The number of aryl methyl sites for hydroxylation is 1. The maximum absolute atomic E-state index is 5.73. The maximum Gasteiger partial charge on any atom is 0.203 e. The zero-order valence-corrected chi connectivity index (χ0v) is 8.38. The van der Waals surface area contributed by atoms with E-state index in [0.29, 0.717) is 6.04 Å². The lowest BCUT2D eigenvalue weighted by Crippen LogP contribution is -2.14. The van der Waals surface area contributed by atoms with Crippen molar-refractivity contribution in [2.24, 2.45) is 5.73 Å². The third-order valence-corrected chi connectivity index (χ3v) is 2.66. The fourth-order valence-corrected chi connectivity index (χ4v) is 1.60. The molecule has 2 aromatic rings. The number of hydrogen-bond acceptors (Lipinski definition) is 5. The van der Waals surface area contributed by atoms with E-state index >= 15 is 0 Å². The Kier molecular flexibility index (Phi) is 1.66.